The van der Waals surface area contributed by atoms with Gasteiger partial charge in [0.15, 0.2) is 12.2 Å². The van der Waals surface area contributed by atoms with Gasteiger partial charge in [-0.15, -0.1) is 0 Å². The van der Waals surface area contributed by atoms with Crippen LogP contribution in [0.3, 0.4) is 0 Å². The smallest absolute Gasteiger partial charge is 0.462 e. The molecule has 17 nitrogen and oxygen atoms in total. The first kappa shape index (κ1) is 82.1. The molecular formula is C65H126O17P2. The second-order valence-electron chi connectivity index (χ2n) is 25.4. The van der Waals surface area contributed by atoms with Crippen molar-refractivity contribution in [1.82, 2.24) is 0 Å². The molecule has 0 fully saturated rings. The molecule has 0 rings (SSSR count). The van der Waals surface area contributed by atoms with Gasteiger partial charge < -0.3 is 33.8 Å². The molecule has 19 heteroatoms. The van der Waals surface area contributed by atoms with E-state index < -0.39 is 97.5 Å². The second kappa shape index (κ2) is 55.2. The number of carbonyl (C=O) groups excluding carboxylic acids is 4. The molecule has 0 aliphatic carbocycles. The van der Waals surface area contributed by atoms with Gasteiger partial charge >= 0.3 is 39.5 Å². The Morgan fingerprint density at radius 2 is 0.500 bits per heavy atom. The summed E-state index contributed by atoms with van der Waals surface area (Å²) >= 11 is 0. The maximum Gasteiger partial charge on any atom is 0.472 e. The summed E-state index contributed by atoms with van der Waals surface area (Å²) in [5.74, 6) is 0.736. The zero-order chi connectivity index (χ0) is 62.5. The monoisotopic (exact) mass is 1240 g/mol. The van der Waals surface area contributed by atoms with E-state index in [0.29, 0.717) is 31.6 Å². The first-order chi connectivity index (χ1) is 40.1. The predicted molar refractivity (Wildman–Crippen MR) is 335 cm³/mol. The molecule has 0 aromatic heterocycles. The highest BCUT2D eigenvalue weighted by molar-refractivity contribution is 7.47. The van der Waals surface area contributed by atoms with Gasteiger partial charge in [0.25, 0.3) is 0 Å². The Balaban J connectivity index is 5.25. The lowest BCUT2D eigenvalue weighted by atomic mass is 10.0. The van der Waals surface area contributed by atoms with Crippen LogP contribution in [0.25, 0.3) is 0 Å². The third kappa shape index (κ3) is 59.0. The van der Waals surface area contributed by atoms with Crippen molar-refractivity contribution in [2.75, 3.05) is 39.6 Å². The fourth-order valence-electron chi connectivity index (χ4n) is 9.61. The van der Waals surface area contributed by atoms with E-state index in [9.17, 15) is 43.2 Å². The van der Waals surface area contributed by atoms with Gasteiger partial charge in [-0.1, -0.05) is 261 Å². The number of aliphatic hydroxyl groups excluding tert-OH is 1. The minimum Gasteiger partial charge on any atom is -0.462 e. The minimum atomic E-state index is -4.95. The van der Waals surface area contributed by atoms with Crippen LogP contribution in [-0.4, -0.2) is 96.7 Å². The average molecular weight is 1240 g/mol. The largest absolute Gasteiger partial charge is 0.472 e. The fraction of sp³-hybridized carbons (Fsp3) is 0.938. The third-order valence-corrected chi connectivity index (χ3v) is 16.7. The highest BCUT2D eigenvalue weighted by Gasteiger charge is 2.30. The Hall–Kier alpha value is -1.94. The van der Waals surface area contributed by atoms with E-state index in [-0.39, 0.29) is 25.7 Å². The number of hydrogen-bond acceptors (Lipinski definition) is 15. The first-order valence-corrected chi connectivity index (χ1v) is 36.7. The molecule has 0 amide bonds. The van der Waals surface area contributed by atoms with Crippen LogP contribution < -0.4 is 0 Å². The lowest BCUT2D eigenvalue weighted by Gasteiger charge is -2.21. The average Bonchev–Trinajstić information content (AvgIpc) is 3.52. The molecule has 0 spiro atoms. The van der Waals surface area contributed by atoms with Crippen LogP contribution in [0.4, 0.5) is 0 Å². The van der Waals surface area contributed by atoms with Crippen LogP contribution in [-0.2, 0) is 65.4 Å². The van der Waals surface area contributed by atoms with Crippen LogP contribution in [0.5, 0.6) is 0 Å². The summed E-state index contributed by atoms with van der Waals surface area (Å²) in [5, 5.41) is 10.5. The van der Waals surface area contributed by atoms with Crippen molar-refractivity contribution in [1.29, 1.82) is 0 Å². The first-order valence-electron chi connectivity index (χ1n) is 33.7. The van der Waals surface area contributed by atoms with Gasteiger partial charge in [-0.05, 0) is 49.4 Å². The SMILES string of the molecule is CC(C)CCCCCCCCCCCCC(=O)O[C@H](COC(=O)CCCCCCCCC(C)C)COP(=O)(O)OC[C@H](O)COP(=O)(O)OC[C@@H](COC(=O)CCCCCCCCCCC(C)C)OC(=O)CCCCCCCCCCC(C)C. The molecule has 0 radical (unpaired) electrons. The summed E-state index contributed by atoms with van der Waals surface area (Å²) in [6.07, 6.45) is 35.0. The zero-order valence-electron chi connectivity index (χ0n) is 54.5. The summed E-state index contributed by atoms with van der Waals surface area (Å²) in [6, 6.07) is 0. The molecule has 0 aliphatic heterocycles. The Morgan fingerprint density at radius 3 is 0.738 bits per heavy atom. The van der Waals surface area contributed by atoms with Gasteiger partial charge in [-0.25, -0.2) is 9.13 Å². The van der Waals surface area contributed by atoms with Gasteiger partial charge in [0.1, 0.15) is 19.3 Å². The lowest BCUT2D eigenvalue weighted by molar-refractivity contribution is -0.161. The van der Waals surface area contributed by atoms with Crippen LogP contribution in [0.2, 0.25) is 0 Å². The molecule has 5 atom stereocenters. The van der Waals surface area contributed by atoms with Crippen molar-refractivity contribution in [3.63, 3.8) is 0 Å². The molecule has 0 saturated carbocycles. The van der Waals surface area contributed by atoms with E-state index in [2.05, 4.69) is 55.4 Å². The van der Waals surface area contributed by atoms with Crippen molar-refractivity contribution in [2.24, 2.45) is 23.7 Å². The molecule has 84 heavy (non-hydrogen) atoms. The van der Waals surface area contributed by atoms with Crippen molar-refractivity contribution in [3.05, 3.63) is 0 Å². The number of phosphoric acid groups is 2. The topological polar surface area (TPSA) is 237 Å². The summed E-state index contributed by atoms with van der Waals surface area (Å²) in [7, 11) is -9.89. The number of carbonyl (C=O) groups is 4. The predicted octanol–water partition coefficient (Wildman–Crippen LogP) is 17.8. The number of aliphatic hydroxyl groups is 1. The Morgan fingerprint density at radius 1 is 0.298 bits per heavy atom. The minimum absolute atomic E-state index is 0.103. The molecule has 0 aliphatic rings. The van der Waals surface area contributed by atoms with E-state index in [4.69, 9.17) is 37.0 Å². The van der Waals surface area contributed by atoms with Crippen molar-refractivity contribution in [2.45, 2.75) is 331 Å². The summed E-state index contributed by atoms with van der Waals surface area (Å²) in [5.41, 5.74) is 0. The van der Waals surface area contributed by atoms with Gasteiger partial charge in [-0.2, -0.15) is 0 Å². The van der Waals surface area contributed by atoms with Crippen LogP contribution in [0.15, 0.2) is 0 Å². The lowest BCUT2D eigenvalue weighted by Crippen LogP contribution is -2.30. The summed E-state index contributed by atoms with van der Waals surface area (Å²) in [4.78, 5) is 72.2. The number of ether oxygens (including phenoxy) is 4. The highest BCUT2D eigenvalue weighted by Crippen LogP contribution is 2.45. The van der Waals surface area contributed by atoms with Gasteiger partial charge in [0.2, 0.25) is 0 Å². The fourth-order valence-corrected chi connectivity index (χ4v) is 11.2. The molecule has 498 valence electrons. The van der Waals surface area contributed by atoms with Gasteiger partial charge in [0, 0.05) is 25.7 Å². The van der Waals surface area contributed by atoms with E-state index in [0.717, 1.165) is 114 Å². The van der Waals surface area contributed by atoms with Crippen molar-refractivity contribution >= 4 is 39.5 Å². The zero-order valence-corrected chi connectivity index (χ0v) is 56.3. The number of unbranched alkanes of at least 4 members (excludes halogenated alkanes) is 28. The van der Waals surface area contributed by atoms with Gasteiger partial charge in [-0.3, -0.25) is 37.3 Å². The molecule has 0 aromatic carbocycles. The highest BCUT2D eigenvalue weighted by atomic mass is 31.2. The molecule has 3 N–H and O–H groups in total. The van der Waals surface area contributed by atoms with Crippen molar-refractivity contribution in [3.8, 4) is 0 Å². The molecular weight excluding hydrogens is 1110 g/mol. The summed E-state index contributed by atoms with van der Waals surface area (Å²) in [6.45, 7) is 13.9. The van der Waals surface area contributed by atoms with Crippen molar-refractivity contribution < 1.29 is 80.2 Å². The van der Waals surface area contributed by atoms with E-state index >= 15 is 0 Å². The third-order valence-electron chi connectivity index (χ3n) is 14.8. The van der Waals surface area contributed by atoms with Crippen LogP contribution in [0.1, 0.15) is 312 Å². The number of phosphoric ester groups is 2. The van der Waals surface area contributed by atoms with Gasteiger partial charge in [0.05, 0.1) is 26.4 Å². The molecule has 0 heterocycles. The molecule has 0 bridgehead atoms. The van der Waals surface area contributed by atoms with E-state index in [1.165, 1.54) is 109 Å². The quantitative estimate of drug-likeness (QED) is 0.0222. The summed E-state index contributed by atoms with van der Waals surface area (Å²) < 4.78 is 68.0. The normalized spacial score (nSPS) is 14.4. The maximum absolute atomic E-state index is 13.0. The number of rotatable bonds is 62. The maximum atomic E-state index is 13.0. The second-order valence-corrected chi connectivity index (χ2v) is 28.3. The standard InChI is InChI=1S/C65H126O17P2/c1-55(2)41-33-25-17-11-9-10-12-21-31-39-47-64(69)81-61(52-76-63(68)46-38-30-24-23-28-36-44-58(7)8)54-80-84(73,74)78-50-59(66)49-77-83(71,72)79-53-60(82-65(70)48-40-32-22-16-14-19-27-35-43-57(5)6)51-75-62(67)45-37-29-20-15-13-18-26-34-42-56(3)4/h55-61,66H,9-54H2,1-8H3,(H,71,72)(H,73,74)/t59-,60-,61-/m1/s1. The molecule has 0 aromatic rings. The van der Waals surface area contributed by atoms with Crippen LogP contribution in [0, 0.1) is 23.7 Å². The molecule has 2 unspecified atom stereocenters. The van der Waals surface area contributed by atoms with E-state index in [1.54, 1.807) is 0 Å². The Bertz CT molecular complexity index is 1680. The Kier molecular flexibility index (Phi) is 53.9. The van der Waals surface area contributed by atoms with Crippen LogP contribution >= 0.6 is 15.6 Å². The van der Waals surface area contributed by atoms with E-state index in [1.807, 2.05) is 0 Å². The number of esters is 4. The number of hydrogen-bond donors (Lipinski definition) is 3. The Labute approximate surface area is 511 Å². The molecule has 0 saturated heterocycles.